The molecule has 0 aliphatic heterocycles. The molecule has 0 N–H and O–H groups in total. The van der Waals surface area contributed by atoms with Gasteiger partial charge in [0, 0.05) is 0 Å². The van der Waals surface area contributed by atoms with Crippen molar-refractivity contribution in [3.63, 3.8) is 0 Å². The van der Waals surface area contributed by atoms with E-state index in [-0.39, 0.29) is 0 Å². The van der Waals surface area contributed by atoms with Crippen LogP contribution in [-0.2, 0) is 0 Å². The lowest BCUT2D eigenvalue weighted by atomic mass is 9.84. The molecule has 1 atom stereocenters. The first-order valence-electron chi connectivity index (χ1n) is 6.68. The van der Waals surface area contributed by atoms with Crippen molar-refractivity contribution < 1.29 is 0 Å². The summed E-state index contributed by atoms with van der Waals surface area (Å²) >= 11 is 0. The lowest BCUT2D eigenvalue weighted by Crippen LogP contribution is -2.08. The summed E-state index contributed by atoms with van der Waals surface area (Å²) in [5.74, 6) is 0.761. The van der Waals surface area contributed by atoms with Crippen molar-refractivity contribution in [1.82, 2.24) is 0 Å². The van der Waals surface area contributed by atoms with Gasteiger partial charge in [-0.1, -0.05) is 66.0 Å². The number of unbranched alkanes of at least 4 members (excludes halogenated alkanes) is 2. The summed E-state index contributed by atoms with van der Waals surface area (Å²) < 4.78 is 0. The lowest BCUT2D eigenvalue weighted by molar-refractivity contribution is 0.310. The van der Waals surface area contributed by atoms with E-state index in [2.05, 4.69) is 46.8 Å². The second-order valence-corrected chi connectivity index (χ2v) is 5.58. The Bertz CT molecular complexity index is 165. The van der Waals surface area contributed by atoms with E-state index in [0.29, 0.717) is 5.41 Å². The molecule has 0 spiro atoms. The summed E-state index contributed by atoms with van der Waals surface area (Å²) in [6, 6.07) is 0. The fourth-order valence-corrected chi connectivity index (χ4v) is 1.51. The molecule has 0 radical (unpaired) electrons. The third kappa shape index (κ3) is 8.72. The van der Waals surface area contributed by atoms with Crippen LogP contribution in [0.5, 0.6) is 0 Å². The van der Waals surface area contributed by atoms with Crippen LogP contribution in [0.15, 0.2) is 12.2 Å². The van der Waals surface area contributed by atoms with Crippen LogP contribution in [0.25, 0.3) is 0 Å². The van der Waals surface area contributed by atoms with Gasteiger partial charge >= 0.3 is 0 Å². The Kier molecular flexibility index (Phi) is 7.82. The van der Waals surface area contributed by atoms with Gasteiger partial charge in [0.15, 0.2) is 0 Å². The average molecular weight is 210 g/mol. The van der Waals surface area contributed by atoms with Crippen LogP contribution in [0.2, 0.25) is 0 Å². The predicted octanol–water partition coefficient (Wildman–Crippen LogP) is 5.59. The molecule has 0 heterocycles. The normalized spacial score (nSPS) is 14.7. The molecular weight excluding hydrogens is 180 g/mol. The minimum Gasteiger partial charge on any atom is -0.0883 e. The topological polar surface area (TPSA) is 0 Å². The summed E-state index contributed by atoms with van der Waals surface area (Å²) in [4.78, 5) is 0. The minimum atomic E-state index is 0.556. The number of hydrogen-bond acceptors (Lipinski definition) is 0. The molecule has 0 aromatic rings. The van der Waals surface area contributed by atoms with Crippen molar-refractivity contribution in [2.75, 3.05) is 0 Å². The highest BCUT2D eigenvalue weighted by molar-refractivity contribution is 4.85. The Balaban J connectivity index is 3.44. The summed E-state index contributed by atoms with van der Waals surface area (Å²) in [7, 11) is 0. The van der Waals surface area contributed by atoms with Crippen LogP contribution >= 0.6 is 0 Å². The molecule has 0 heteroatoms. The van der Waals surface area contributed by atoms with Crippen LogP contribution in [0.3, 0.4) is 0 Å². The zero-order chi connectivity index (χ0) is 11.7. The third-order valence-electron chi connectivity index (χ3n) is 3.54. The van der Waals surface area contributed by atoms with Crippen molar-refractivity contribution in [1.29, 1.82) is 0 Å². The fourth-order valence-electron chi connectivity index (χ4n) is 1.51. The zero-order valence-corrected chi connectivity index (χ0v) is 11.5. The molecule has 1 unspecified atom stereocenters. The maximum absolute atomic E-state index is 2.38. The SMILES string of the molecule is CCC(C)C=CCCCCC(C)(C)CC. The van der Waals surface area contributed by atoms with E-state index < -0.39 is 0 Å². The van der Waals surface area contributed by atoms with Gasteiger partial charge in [-0.2, -0.15) is 0 Å². The first-order valence-corrected chi connectivity index (χ1v) is 6.68. The van der Waals surface area contributed by atoms with E-state index in [1.54, 1.807) is 0 Å². The Hall–Kier alpha value is -0.260. The monoisotopic (exact) mass is 210 g/mol. The largest absolute Gasteiger partial charge is 0.0883 e. The zero-order valence-electron chi connectivity index (χ0n) is 11.5. The first-order chi connectivity index (χ1) is 7.02. The molecule has 0 saturated carbocycles. The third-order valence-corrected chi connectivity index (χ3v) is 3.54. The molecule has 0 bridgehead atoms. The summed E-state index contributed by atoms with van der Waals surface area (Å²) in [6.07, 6.45) is 12.7. The number of allylic oxidation sites excluding steroid dienone is 2. The highest BCUT2D eigenvalue weighted by Gasteiger charge is 2.13. The molecule has 0 amide bonds. The van der Waals surface area contributed by atoms with Gasteiger partial charge in [0.05, 0.1) is 0 Å². The van der Waals surface area contributed by atoms with Crippen LogP contribution < -0.4 is 0 Å². The fraction of sp³-hybridized carbons (Fsp3) is 0.867. The smallest absolute Gasteiger partial charge is 0.0265 e. The van der Waals surface area contributed by atoms with Gasteiger partial charge in [-0.3, -0.25) is 0 Å². The van der Waals surface area contributed by atoms with Crippen molar-refractivity contribution in [2.45, 2.75) is 73.1 Å². The Morgan fingerprint density at radius 3 is 2.33 bits per heavy atom. The van der Waals surface area contributed by atoms with E-state index in [0.717, 1.165) is 5.92 Å². The van der Waals surface area contributed by atoms with E-state index in [9.17, 15) is 0 Å². The second-order valence-electron chi connectivity index (χ2n) is 5.58. The van der Waals surface area contributed by atoms with Crippen LogP contribution in [0.1, 0.15) is 73.1 Å². The van der Waals surface area contributed by atoms with Crippen LogP contribution in [0, 0.1) is 11.3 Å². The van der Waals surface area contributed by atoms with E-state index in [1.807, 2.05) is 0 Å². The number of rotatable bonds is 8. The Labute approximate surface area is 97.2 Å². The van der Waals surface area contributed by atoms with Gasteiger partial charge in [-0.15, -0.1) is 0 Å². The summed E-state index contributed by atoms with van der Waals surface area (Å²) in [6.45, 7) is 11.6. The molecular formula is C15H30. The van der Waals surface area contributed by atoms with Gasteiger partial charge in [-0.05, 0) is 30.6 Å². The second kappa shape index (κ2) is 7.96. The molecule has 0 aliphatic rings. The van der Waals surface area contributed by atoms with Crippen LogP contribution in [0.4, 0.5) is 0 Å². The van der Waals surface area contributed by atoms with Crippen molar-refractivity contribution in [3.05, 3.63) is 12.2 Å². The molecule has 90 valence electrons. The number of hydrogen-bond donors (Lipinski definition) is 0. The summed E-state index contributed by atoms with van der Waals surface area (Å²) in [5, 5.41) is 0. The molecule has 15 heavy (non-hydrogen) atoms. The van der Waals surface area contributed by atoms with Crippen molar-refractivity contribution in [2.24, 2.45) is 11.3 Å². The Morgan fingerprint density at radius 1 is 1.13 bits per heavy atom. The predicted molar refractivity (Wildman–Crippen MR) is 71.1 cm³/mol. The van der Waals surface area contributed by atoms with Crippen molar-refractivity contribution in [3.8, 4) is 0 Å². The molecule has 0 aromatic heterocycles. The Morgan fingerprint density at radius 2 is 1.80 bits per heavy atom. The van der Waals surface area contributed by atoms with Gasteiger partial charge in [0.1, 0.15) is 0 Å². The lowest BCUT2D eigenvalue weighted by Gasteiger charge is -2.21. The standard InChI is InChI=1S/C15H30/c1-6-14(3)12-10-8-9-11-13-15(4,5)7-2/h10,12,14H,6-9,11,13H2,1-5H3. The molecule has 0 fully saturated rings. The quantitative estimate of drug-likeness (QED) is 0.362. The average Bonchev–Trinajstić information content (AvgIpc) is 2.22. The maximum Gasteiger partial charge on any atom is -0.0265 e. The highest BCUT2D eigenvalue weighted by atomic mass is 14.2. The van der Waals surface area contributed by atoms with Gasteiger partial charge in [0.2, 0.25) is 0 Å². The van der Waals surface area contributed by atoms with E-state index in [1.165, 1.54) is 38.5 Å². The molecule has 0 aromatic carbocycles. The van der Waals surface area contributed by atoms with Gasteiger partial charge in [-0.25, -0.2) is 0 Å². The summed E-state index contributed by atoms with van der Waals surface area (Å²) in [5.41, 5.74) is 0.556. The van der Waals surface area contributed by atoms with E-state index in [4.69, 9.17) is 0 Å². The molecule has 0 saturated heterocycles. The van der Waals surface area contributed by atoms with Crippen LogP contribution in [-0.4, -0.2) is 0 Å². The maximum atomic E-state index is 2.38. The van der Waals surface area contributed by atoms with Gasteiger partial charge < -0.3 is 0 Å². The van der Waals surface area contributed by atoms with Crippen molar-refractivity contribution >= 4 is 0 Å². The van der Waals surface area contributed by atoms with E-state index >= 15 is 0 Å². The van der Waals surface area contributed by atoms with Gasteiger partial charge in [0.25, 0.3) is 0 Å². The molecule has 0 nitrogen and oxygen atoms in total. The molecule has 0 aliphatic carbocycles. The first kappa shape index (κ1) is 14.7. The highest BCUT2D eigenvalue weighted by Crippen LogP contribution is 2.27. The minimum absolute atomic E-state index is 0.556. The molecule has 0 rings (SSSR count).